The summed E-state index contributed by atoms with van der Waals surface area (Å²) in [6, 6.07) is -0.172. The first-order valence-electron chi connectivity index (χ1n) is 7.95. The fraction of sp³-hybridized carbons (Fsp3) is 0.857. The van der Waals surface area contributed by atoms with Crippen LogP contribution in [0.2, 0.25) is 0 Å². The van der Waals surface area contributed by atoms with Gasteiger partial charge in [-0.1, -0.05) is 11.6 Å². The molecule has 0 aromatic carbocycles. The summed E-state index contributed by atoms with van der Waals surface area (Å²) in [6.07, 6.45) is 3.55. The maximum atomic E-state index is 12.1. The van der Waals surface area contributed by atoms with Gasteiger partial charge in [-0.3, -0.25) is 4.90 Å². The molecule has 2 aliphatic heterocycles. The summed E-state index contributed by atoms with van der Waals surface area (Å²) in [5.41, 5.74) is 0. The van der Waals surface area contributed by atoms with Crippen LogP contribution in [-0.4, -0.2) is 60.1 Å². The summed E-state index contributed by atoms with van der Waals surface area (Å²) in [7, 11) is -2.99. The molecule has 1 aromatic rings. The average Bonchev–Trinajstić information content (AvgIpc) is 3.03. The molecule has 0 saturated carbocycles. The van der Waals surface area contributed by atoms with E-state index in [2.05, 4.69) is 20.4 Å². The topological polar surface area (TPSA) is 88.3 Å². The molecule has 124 valence electrons. The molecular weight excluding hydrogens is 304 g/mol. The molecule has 0 spiro atoms. The number of nitrogens with zero attached hydrogens (tertiary/aromatic N) is 3. The Morgan fingerprint density at radius 2 is 2.00 bits per heavy atom. The predicted molar refractivity (Wildman–Crippen MR) is 82.2 cm³/mol. The van der Waals surface area contributed by atoms with E-state index in [1.165, 1.54) is 6.42 Å². The number of aromatic nitrogens is 2. The average molecular weight is 328 g/mol. The largest absolute Gasteiger partial charge is 0.338 e. The van der Waals surface area contributed by atoms with E-state index in [0.717, 1.165) is 25.9 Å². The zero-order chi connectivity index (χ0) is 15.7. The van der Waals surface area contributed by atoms with E-state index in [1.54, 1.807) is 6.92 Å². The van der Waals surface area contributed by atoms with Crippen molar-refractivity contribution in [2.75, 3.05) is 24.6 Å². The van der Waals surface area contributed by atoms with Gasteiger partial charge in [-0.05, 0) is 39.8 Å². The third-order valence-corrected chi connectivity index (χ3v) is 6.28. The van der Waals surface area contributed by atoms with E-state index in [-0.39, 0.29) is 29.6 Å². The highest BCUT2D eigenvalue weighted by Gasteiger charge is 2.41. The number of nitrogens with one attached hydrogen (secondary N) is 1. The normalized spacial score (nSPS) is 30.5. The van der Waals surface area contributed by atoms with Gasteiger partial charge in [-0.25, -0.2) is 8.42 Å². The summed E-state index contributed by atoms with van der Waals surface area (Å²) in [5.74, 6) is 1.54. The lowest BCUT2D eigenvalue weighted by molar-refractivity contribution is 0.149. The minimum atomic E-state index is -2.99. The van der Waals surface area contributed by atoms with Crippen LogP contribution in [-0.2, 0) is 9.84 Å². The van der Waals surface area contributed by atoms with Gasteiger partial charge in [0.2, 0.25) is 5.89 Å². The molecule has 0 bridgehead atoms. The monoisotopic (exact) mass is 328 g/mol. The van der Waals surface area contributed by atoms with Gasteiger partial charge in [0.1, 0.15) is 0 Å². The molecule has 2 aliphatic rings. The van der Waals surface area contributed by atoms with Crippen LogP contribution in [0.4, 0.5) is 0 Å². The molecule has 8 heteroatoms. The van der Waals surface area contributed by atoms with Gasteiger partial charge in [0.15, 0.2) is 15.7 Å². The quantitative estimate of drug-likeness (QED) is 0.869. The number of hydrogen-bond donors (Lipinski definition) is 1. The number of aryl methyl sites for hydroxylation is 1. The summed E-state index contributed by atoms with van der Waals surface area (Å²) in [5, 5.41) is 7.19. The van der Waals surface area contributed by atoms with Crippen molar-refractivity contribution in [1.29, 1.82) is 0 Å². The van der Waals surface area contributed by atoms with Gasteiger partial charge in [-0.15, -0.1) is 0 Å². The zero-order valence-electron chi connectivity index (χ0n) is 13.2. The molecule has 2 fully saturated rings. The fourth-order valence-corrected chi connectivity index (χ4v) is 5.44. The van der Waals surface area contributed by atoms with Crippen LogP contribution in [0.1, 0.15) is 43.9 Å². The van der Waals surface area contributed by atoms with Gasteiger partial charge < -0.3 is 9.84 Å². The van der Waals surface area contributed by atoms with Gasteiger partial charge in [0, 0.05) is 12.1 Å². The van der Waals surface area contributed by atoms with Crippen LogP contribution in [0.25, 0.3) is 0 Å². The molecule has 7 nitrogen and oxygen atoms in total. The molecule has 0 amide bonds. The Morgan fingerprint density at radius 3 is 2.64 bits per heavy atom. The van der Waals surface area contributed by atoms with E-state index in [4.69, 9.17) is 4.52 Å². The fourth-order valence-electron chi connectivity index (χ4n) is 3.48. The van der Waals surface area contributed by atoms with Crippen LogP contribution in [0, 0.1) is 6.92 Å². The third kappa shape index (κ3) is 3.49. The van der Waals surface area contributed by atoms with Gasteiger partial charge >= 0.3 is 0 Å². The first kappa shape index (κ1) is 15.9. The Hall–Kier alpha value is -0.990. The van der Waals surface area contributed by atoms with E-state index < -0.39 is 9.84 Å². The maximum absolute atomic E-state index is 12.1. The Labute approximate surface area is 131 Å². The van der Waals surface area contributed by atoms with Crippen molar-refractivity contribution < 1.29 is 12.9 Å². The number of rotatable bonds is 4. The molecule has 3 atom stereocenters. The van der Waals surface area contributed by atoms with Crippen LogP contribution in [0.15, 0.2) is 4.52 Å². The van der Waals surface area contributed by atoms with Gasteiger partial charge in [0.25, 0.3) is 0 Å². The second-order valence-corrected chi connectivity index (χ2v) is 8.57. The Balaban J connectivity index is 1.71. The smallest absolute Gasteiger partial charge is 0.243 e. The second-order valence-electron chi connectivity index (χ2n) is 6.42. The van der Waals surface area contributed by atoms with Crippen molar-refractivity contribution in [3.05, 3.63) is 11.7 Å². The second kappa shape index (κ2) is 6.25. The highest BCUT2D eigenvalue weighted by molar-refractivity contribution is 7.91. The minimum absolute atomic E-state index is 0.0526. The molecule has 0 radical (unpaired) electrons. The first-order chi connectivity index (χ1) is 10.4. The van der Waals surface area contributed by atoms with E-state index in [1.807, 2.05) is 6.92 Å². The molecule has 1 aromatic heterocycles. The summed E-state index contributed by atoms with van der Waals surface area (Å²) < 4.78 is 29.4. The van der Waals surface area contributed by atoms with Crippen LogP contribution in [0.3, 0.4) is 0 Å². The van der Waals surface area contributed by atoms with Crippen LogP contribution in [0.5, 0.6) is 0 Å². The van der Waals surface area contributed by atoms with Crippen molar-refractivity contribution in [1.82, 2.24) is 20.4 Å². The SMILES string of the molecule is Cc1noc([C@H](C)N[C@H]2CS(=O)(=O)C[C@H]2N2CCCCC2)n1. The van der Waals surface area contributed by atoms with Crippen molar-refractivity contribution in [3.8, 4) is 0 Å². The maximum Gasteiger partial charge on any atom is 0.243 e. The van der Waals surface area contributed by atoms with E-state index >= 15 is 0 Å². The van der Waals surface area contributed by atoms with Gasteiger partial charge in [0.05, 0.1) is 17.5 Å². The molecule has 3 heterocycles. The standard InChI is InChI=1S/C14H24N4O3S/c1-10(14-16-11(2)17-21-14)15-12-8-22(19,20)9-13(12)18-6-4-3-5-7-18/h10,12-13,15H,3-9H2,1-2H3/t10-,12-,13+/m0/s1. The van der Waals surface area contributed by atoms with Crippen LogP contribution < -0.4 is 5.32 Å². The van der Waals surface area contributed by atoms with Gasteiger partial charge in [-0.2, -0.15) is 4.98 Å². The van der Waals surface area contributed by atoms with Crippen molar-refractivity contribution in [3.63, 3.8) is 0 Å². The molecule has 0 aliphatic carbocycles. The lowest BCUT2D eigenvalue weighted by Crippen LogP contribution is -2.51. The minimum Gasteiger partial charge on any atom is -0.338 e. The zero-order valence-corrected chi connectivity index (χ0v) is 14.0. The first-order valence-corrected chi connectivity index (χ1v) is 9.77. The summed E-state index contributed by atoms with van der Waals surface area (Å²) in [4.78, 5) is 6.55. The number of likely N-dealkylation sites (tertiary alicyclic amines) is 1. The molecule has 2 saturated heterocycles. The molecule has 1 N–H and O–H groups in total. The summed E-state index contributed by atoms with van der Waals surface area (Å²) in [6.45, 7) is 5.69. The van der Waals surface area contributed by atoms with Crippen LogP contribution >= 0.6 is 0 Å². The van der Waals surface area contributed by atoms with E-state index in [0.29, 0.717) is 11.7 Å². The molecular formula is C14H24N4O3S. The summed E-state index contributed by atoms with van der Waals surface area (Å²) >= 11 is 0. The Bertz CT molecular complexity index is 609. The van der Waals surface area contributed by atoms with Crippen molar-refractivity contribution >= 4 is 9.84 Å². The number of sulfone groups is 1. The lowest BCUT2D eigenvalue weighted by atomic mass is 10.0. The molecule has 22 heavy (non-hydrogen) atoms. The molecule has 3 rings (SSSR count). The Morgan fingerprint density at radius 1 is 1.27 bits per heavy atom. The van der Waals surface area contributed by atoms with Crippen molar-refractivity contribution in [2.45, 2.75) is 51.2 Å². The Kier molecular flexibility index (Phi) is 4.52. The highest BCUT2D eigenvalue weighted by Crippen LogP contribution is 2.24. The van der Waals surface area contributed by atoms with E-state index in [9.17, 15) is 8.42 Å². The molecule has 0 unspecified atom stereocenters. The number of hydrogen-bond acceptors (Lipinski definition) is 7. The lowest BCUT2D eigenvalue weighted by Gasteiger charge is -2.35. The van der Waals surface area contributed by atoms with Crippen molar-refractivity contribution in [2.24, 2.45) is 0 Å². The number of piperidine rings is 1. The highest BCUT2D eigenvalue weighted by atomic mass is 32.2. The predicted octanol–water partition coefficient (Wildman–Crippen LogP) is 0.680. The third-order valence-electron chi connectivity index (χ3n) is 4.56.